The van der Waals surface area contributed by atoms with E-state index in [2.05, 4.69) is 5.32 Å². The summed E-state index contributed by atoms with van der Waals surface area (Å²) in [4.78, 5) is 38.7. The van der Waals surface area contributed by atoms with E-state index >= 15 is 0 Å². The van der Waals surface area contributed by atoms with E-state index in [1.807, 2.05) is 0 Å². The Bertz CT molecular complexity index is 792. The molecule has 2 aliphatic rings. The number of nitrogens with one attached hydrogen (secondary N) is 1. The van der Waals surface area contributed by atoms with Gasteiger partial charge < -0.3 is 14.9 Å². The van der Waals surface area contributed by atoms with Gasteiger partial charge in [0.25, 0.3) is 0 Å². The monoisotopic (exact) mass is 362 g/mol. The average molecular weight is 362 g/mol. The number of hydrogen-bond acceptors (Lipinski definition) is 6. The van der Waals surface area contributed by atoms with Crippen LogP contribution in [0, 0.1) is 17.8 Å². The second kappa shape index (κ2) is 5.98. The molecule has 0 bridgehead atoms. The van der Waals surface area contributed by atoms with Gasteiger partial charge in [-0.1, -0.05) is 19.9 Å². The van der Waals surface area contributed by atoms with Crippen LogP contribution in [0.3, 0.4) is 0 Å². The molecule has 8 heteroatoms. The first-order valence-electron chi connectivity index (χ1n) is 8.36. The van der Waals surface area contributed by atoms with Gasteiger partial charge >= 0.3 is 5.97 Å². The van der Waals surface area contributed by atoms with E-state index in [-0.39, 0.29) is 11.5 Å². The highest BCUT2D eigenvalue weighted by molar-refractivity contribution is 6.09. The van der Waals surface area contributed by atoms with Crippen LogP contribution < -0.4 is 10.1 Å². The van der Waals surface area contributed by atoms with Crippen molar-refractivity contribution in [2.75, 3.05) is 14.2 Å². The highest BCUT2D eigenvalue weighted by atomic mass is 16.5. The van der Waals surface area contributed by atoms with Crippen molar-refractivity contribution in [3.8, 4) is 11.5 Å². The smallest absolute Gasteiger partial charge is 0.325 e. The van der Waals surface area contributed by atoms with Crippen molar-refractivity contribution in [3.63, 3.8) is 0 Å². The topological polar surface area (TPSA) is 116 Å². The molecule has 2 fully saturated rings. The Morgan fingerprint density at radius 2 is 1.96 bits per heavy atom. The Morgan fingerprint density at radius 3 is 2.50 bits per heavy atom. The number of phenolic OH excluding ortho intramolecular Hbond substituents is 1. The van der Waals surface area contributed by atoms with Crippen LogP contribution in [0.4, 0.5) is 0 Å². The maximum absolute atomic E-state index is 12.7. The molecule has 3 N–H and O–H groups in total. The largest absolute Gasteiger partial charge is 0.504 e. The van der Waals surface area contributed by atoms with Crippen molar-refractivity contribution in [1.82, 2.24) is 10.2 Å². The molecule has 140 valence electrons. The normalized spacial score (nSPS) is 30.8. The number of carbonyl (C=O) groups is 3. The summed E-state index contributed by atoms with van der Waals surface area (Å²) in [6.45, 7) is 3.43. The van der Waals surface area contributed by atoms with Crippen LogP contribution in [0.15, 0.2) is 18.2 Å². The molecule has 2 amide bonds. The van der Waals surface area contributed by atoms with Crippen molar-refractivity contribution in [2.45, 2.75) is 25.4 Å². The zero-order chi connectivity index (χ0) is 19.4. The fraction of sp³-hybridized carbons (Fsp3) is 0.500. The summed E-state index contributed by atoms with van der Waals surface area (Å²) in [5.74, 6) is -4.17. The molecule has 2 heterocycles. The maximum atomic E-state index is 12.7. The molecule has 1 aromatic rings. The number of hydrogen-bond donors (Lipinski definition) is 3. The molecular weight excluding hydrogens is 340 g/mol. The zero-order valence-corrected chi connectivity index (χ0v) is 15.0. The predicted molar refractivity (Wildman–Crippen MR) is 90.5 cm³/mol. The Labute approximate surface area is 150 Å². The number of rotatable bonds is 4. The summed E-state index contributed by atoms with van der Waals surface area (Å²) in [5, 5.41) is 22.9. The van der Waals surface area contributed by atoms with Crippen molar-refractivity contribution in [2.24, 2.45) is 17.8 Å². The number of fused-ring (bicyclic) bond motifs is 1. The third-order valence-electron chi connectivity index (χ3n) is 5.64. The fourth-order valence-electron chi connectivity index (χ4n) is 4.23. The van der Waals surface area contributed by atoms with Gasteiger partial charge in [-0.05, 0) is 23.6 Å². The van der Waals surface area contributed by atoms with Gasteiger partial charge in [0.2, 0.25) is 11.8 Å². The molecular formula is C18H22N2O6. The van der Waals surface area contributed by atoms with Crippen molar-refractivity contribution in [3.05, 3.63) is 23.8 Å². The average Bonchev–Trinajstić information content (AvgIpc) is 3.06. The minimum atomic E-state index is -1.56. The van der Waals surface area contributed by atoms with E-state index in [1.165, 1.54) is 20.2 Å². The first-order chi connectivity index (χ1) is 12.2. The minimum absolute atomic E-state index is 0.0647. The number of carboxylic acid groups (broad SMARTS) is 1. The lowest BCUT2D eigenvalue weighted by Gasteiger charge is -2.34. The van der Waals surface area contributed by atoms with E-state index < -0.39 is 47.1 Å². The van der Waals surface area contributed by atoms with Crippen molar-refractivity contribution >= 4 is 17.8 Å². The summed E-state index contributed by atoms with van der Waals surface area (Å²) in [5.41, 5.74) is -0.979. The molecule has 4 atom stereocenters. The summed E-state index contributed by atoms with van der Waals surface area (Å²) < 4.78 is 5.12. The summed E-state index contributed by atoms with van der Waals surface area (Å²) in [6.07, 6.45) is 0. The Kier molecular flexibility index (Phi) is 4.18. The molecule has 2 saturated heterocycles. The summed E-state index contributed by atoms with van der Waals surface area (Å²) in [7, 11) is 2.78. The van der Waals surface area contributed by atoms with Crippen LogP contribution in [0.25, 0.3) is 0 Å². The number of aliphatic carboxylic acids is 1. The van der Waals surface area contributed by atoms with Gasteiger partial charge in [-0.3, -0.25) is 24.6 Å². The number of imide groups is 1. The molecule has 4 unspecified atom stereocenters. The van der Waals surface area contributed by atoms with Gasteiger partial charge in [-0.15, -0.1) is 0 Å². The van der Waals surface area contributed by atoms with E-state index in [4.69, 9.17) is 4.74 Å². The lowest BCUT2D eigenvalue weighted by molar-refractivity contribution is -0.153. The molecule has 0 radical (unpaired) electrons. The third kappa shape index (κ3) is 2.21. The first kappa shape index (κ1) is 18.2. The van der Waals surface area contributed by atoms with Gasteiger partial charge in [-0.25, -0.2) is 0 Å². The van der Waals surface area contributed by atoms with Gasteiger partial charge in [0.05, 0.1) is 18.9 Å². The van der Waals surface area contributed by atoms with Gasteiger partial charge in [0.15, 0.2) is 11.5 Å². The molecule has 2 aliphatic heterocycles. The predicted octanol–water partition coefficient (Wildman–Crippen LogP) is 0.755. The SMILES string of the molecule is COc1cc(C2NC(C(=O)O)(C(C)C)C3C(=O)N(C)C(=O)C23)ccc1O. The van der Waals surface area contributed by atoms with E-state index in [0.29, 0.717) is 5.56 Å². The summed E-state index contributed by atoms with van der Waals surface area (Å²) >= 11 is 0. The van der Waals surface area contributed by atoms with Gasteiger partial charge in [-0.2, -0.15) is 0 Å². The van der Waals surface area contributed by atoms with Crippen LogP contribution in [0.2, 0.25) is 0 Å². The zero-order valence-electron chi connectivity index (χ0n) is 15.0. The van der Waals surface area contributed by atoms with Gasteiger partial charge in [0.1, 0.15) is 5.54 Å². The number of likely N-dealkylation sites (tertiary alicyclic amines) is 1. The number of nitrogens with zero attached hydrogens (tertiary/aromatic N) is 1. The molecule has 3 rings (SSSR count). The van der Waals surface area contributed by atoms with Gasteiger partial charge in [0, 0.05) is 13.1 Å². The van der Waals surface area contributed by atoms with Crippen LogP contribution >= 0.6 is 0 Å². The molecule has 26 heavy (non-hydrogen) atoms. The first-order valence-corrected chi connectivity index (χ1v) is 8.36. The van der Waals surface area contributed by atoms with Crippen molar-refractivity contribution < 1.29 is 29.3 Å². The Morgan fingerprint density at radius 1 is 1.31 bits per heavy atom. The van der Waals surface area contributed by atoms with Crippen LogP contribution in [-0.2, 0) is 14.4 Å². The Hall–Kier alpha value is -2.61. The van der Waals surface area contributed by atoms with Crippen molar-refractivity contribution in [1.29, 1.82) is 0 Å². The second-order valence-electron chi connectivity index (χ2n) is 7.12. The highest BCUT2D eigenvalue weighted by Crippen LogP contribution is 2.51. The standard InChI is InChI=1S/C18H22N2O6/c1-8(2)18(17(24)25)13-12(15(22)20(3)16(13)23)14(19-18)9-5-6-10(21)11(7-9)26-4/h5-8,12-14,19,21H,1-4H3,(H,24,25). The number of ether oxygens (including phenoxy) is 1. The maximum Gasteiger partial charge on any atom is 0.325 e. The lowest BCUT2D eigenvalue weighted by atomic mass is 9.73. The number of benzene rings is 1. The Balaban J connectivity index is 2.17. The quantitative estimate of drug-likeness (QED) is 0.677. The number of carboxylic acids is 1. The van der Waals surface area contributed by atoms with Crippen LogP contribution in [-0.4, -0.2) is 52.6 Å². The number of carbonyl (C=O) groups excluding carboxylic acids is 2. The fourth-order valence-corrected chi connectivity index (χ4v) is 4.23. The molecule has 1 aromatic carbocycles. The number of amides is 2. The number of aromatic hydroxyl groups is 1. The number of methoxy groups -OCH3 is 1. The molecule has 0 saturated carbocycles. The number of phenols is 1. The van der Waals surface area contributed by atoms with E-state index in [0.717, 1.165) is 4.90 Å². The summed E-state index contributed by atoms with van der Waals surface area (Å²) in [6, 6.07) is 3.89. The lowest BCUT2D eigenvalue weighted by Crippen LogP contribution is -2.59. The minimum Gasteiger partial charge on any atom is -0.504 e. The molecule has 0 spiro atoms. The molecule has 0 aliphatic carbocycles. The third-order valence-corrected chi connectivity index (χ3v) is 5.64. The molecule has 8 nitrogen and oxygen atoms in total. The van der Waals surface area contributed by atoms with Crippen LogP contribution in [0.5, 0.6) is 11.5 Å². The van der Waals surface area contributed by atoms with E-state index in [1.54, 1.807) is 26.0 Å². The molecule has 0 aromatic heterocycles. The van der Waals surface area contributed by atoms with E-state index in [9.17, 15) is 24.6 Å². The second-order valence-corrected chi connectivity index (χ2v) is 7.12. The van der Waals surface area contributed by atoms with Crippen LogP contribution in [0.1, 0.15) is 25.5 Å². The highest BCUT2D eigenvalue weighted by Gasteiger charge is 2.68.